The van der Waals surface area contributed by atoms with Gasteiger partial charge in [0.25, 0.3) is 0 Å². The van der Waals surface area contributed by atoms with E-state index in [4.69, 9.17) is 39.9 Å². The number of fused-ring (bicyclic) bond motifs is 1. The normalized spacial score (nSPS) is 11.1. The number of rotatable bonds is 3. The third-order valence-corrected chi connectivity index (χ3v) is 4.59. The van der Waals surface area contributed by atoms with E-state index in [1.54, 1.807) is 6.07 Å². The summed E-state index contributed by atoms with van der Waals surface area (Å²) in [4.78, 5) is 18.6. The lowest BCUT2D eigenvalue weighted by atomic mass is 10.1. The number of aromatic amines is 1. The van der Waals surface area contributed by atoms with Gasteiger partial charge < -0.3 is 10.1 Å². The van der Waals surface area contributed by atoms with E-state index in [0.29, 0.717) is 27.8 Å². The third kappa shape index (κ3) is 3.02. The fourth-order valence-corrected chi connectivity index (χ4v) is 3.33. The van der Waals surface area contributed by atoms with Gasteiger partial charge in [-0.2, -0.15) is 0 Å². The molecule has 7 heteroatoms. The summed E-state index contributed by atoms with van der Waals surface area (Å²) in [6.45, 7) is 1.94. The number of H-pyrrole nitrogens is 1. The van der Waals surface area contributed by atoms with Crippen LogP contribution in [-0.4, -0.2) is 21.0 Å². The van der Waals surface area contributed by atoms with Gasteiger partial charge in [-0.05, 0) is 42.3 Å². The van der Waals surface area contributed by atoms with Crippen molar-refractivity contribution in [2.75, 3.05) is 0 Å². The Morgan fingerprint density at radius 3 is 2.70 bits per heavy atom. The standard InChI is InChI=1S/C16H11Cl3N2O2/c1-7-4-13(18)21-15-10(7)5-8(20-15)6-11-12(17)3-2-9(14(11)19)16(22)23/h2-5H,6H2,1H3,(H,20,21)(H,22,23). The lowest BCUT2D eigenvalue weighted by molar-refractivity contribution is 0.0697. The van der Waals surface area contributed by atoms with E-state index in [9.17, 15) is 4.79 Å². The molecule has 4 nitrogen and oxygen atoms in total. The molecule has 0 spiro atoms. The predicted molar refractivity (Wildman–Crippen MR) is 92.1 cm³/mol. The Labute approximate surface area is 147 Å². The molecule has 2 heterocycles. The quantitative estimate of drug-likeness (QED) is 0.630. The zero-order valence-corrected chi connectivity index (χ0v) is 14.2. The molecule has 0 bridgehead atoms. The Bertz CT molecular complexity index is 935. The topological polar surface area (TPSA) is 66.0 Å². The second-order valence-electron chi connectivity index (χ2n) is 5.19. The molecule has 0 unspecified atom stereocenters. The lowest BCUT2D eigenvalue weighted by Gasteiger charge is -2.08. The van der Waals surface area contributed by atoms with Crippen molar-refractivity contribution in [3.63, 3.8) is 0 Å². The minimum atomic E-state index is -1.09. The Balaban J connectivity index is 2.07. The highest BCUT2D eigenvalue weighted by atomic mass is 35.5. The summed E-state index contributed by atoms with van der Waals surface area (Å²) < 4.78 is 0. The van der Waals surface area contributed by atoms with Crippen molar-refractivity contribution >= 4 is 51.8 Å². The van der Waals surface area contributed by atoms with Gasteiger partial charge in [-0.25, -0.2) is 9.78 Å². The van der Waals surface area contributed by atoms with Crippen LogP contribution in [0.5, 0.6) is 0 Å². The molecule has 0 amide bonds. The molecule has 0 aliphatic carbocycles. The van der Waals surface area contributed by atoms with Crippen LogP contribution >= 0.6 is 34.8 Å². The highest BCUT2D eigenvalue weighted by Crippen LogP contribution is 2.31. The predicted octanol–water partition coefficient (Wildman–Crippen LogP) is 5.12. The van der Waals surface area contributed by atoms with Gasteiger partial charge >= 0.3 is 5.97 Å². The molecule has 0 atom stereocenters. The number of nitrogens with one attached hydrogen (secondary N) is 1. The number of carboxylic acid groups (broad SMARTS) is 1. The number of aromatic nitrogens is 2. The van der Waals surface area contributed by atoms with E-state index < -0.39 is 5.97 Å². The first-order chi connectivity index (χ1) is 10.9. The molecular weight excluding hydrogens is 359 g/mol. The first-order valence-electron chi connectivity index (χ1n) is 6.71. The van der Waals surface area contributed by atoms with Gasteiger partial charge in [0.1, 0.15) is 10.8 Å². The van der Waals surface area contributed by atoms with Crippen molar-refractivity contribution in [2.45, 2.75) is 13.3 Å². The fourth-order valence-electron chi connectivity index (χ4n) is 2.49. The van der Waals surface area contributed by atoms with Crippen LogP contribution in [0.4, 0.5) is 0 Å². The van der Waals surface area contributed by atoms with Crippen molar-refractivity contribution in [2.24, 2.45) is 0 Å². The van der Waals surface area contributed by atoms with E-state index in [1.807, 2.05) is 13.0 Å². The molecule has 0 radical (unpaired) electrons. The van der Waals surface area contributed by atoms with Crippen LogP contribution in [0.15, 0.2) is 24.3 Å². The Hall–Kier alpha value is -1.75. The Morgan fingerprint density at radius 2 is 2.00 bits per heavy atom. The molecule has 0 fully saturated rings. The highest BCUT2D eigenvalue weighted by Gasteiger charge is 2.17. The number of carboxylic acids is 1. The van der Waals surface area contributed by atoms with Gasteiger partial charge in [0.05, 0.1) is 10.6 Å². The van der Waals surface area contributed by atoms with Crippen LogP contribution in [0.3, 0.4) is 0 Å². The van der Waals surface area contributed by atoms with Gasteiger partial charge in [-0.15, -0.1) is 0 Å². The number of halogens is 3. The second-order valence-corrected chi connectivity index (χ2v) is 6.36. The molecule has 0 aliphatic rings. The van der Waals surface area contributed by atoms with Crippen LogP contribution in [0.2, 0.25) is 15.2 Å². The molecule has 2 aromatic heterocycles. The maximum atomic E-state index is 11.2. The van der Waals surface area contributed by atoms with Gasteiger partial charge in [-0.3, -0.25) is 0 Å². The van der Waals surface area contributed by atoms with Crippen molar-refractivity contribution in [3.05, 3.63) is 61.8 Å². The molecule has 0 aliphatic heterocycles. The number of hydrogen-bond acceptors (Lipinski definition) is 2. The van der Waals surface area contributed by atoms with Crippen LogP contribution in [0, 0.1) is 6.92 Å². The molecule has 0 saturated heterocycles. The average Bonchev–Trinajstić information content (AvgIpc) is 2.86. The number of hydrogen-bond donors (Lipinski definition) is 2. The van der Waals surface area contributed by atoms with E-state index in [2.05, 4.69) is 9.97 Å². The number of benzene rings is 1. The molecule has 118 valence electrons. The first kappa shape index (κ1) is 16.1. The summed E-state index contributed by atoms with van der Waals surface area (Å²) in [5, 5.41) is 11.1. The number of aromatic carboxylic acids is 1. The molecular formula is C16H11Cl3N2O2. The van der Waals surface area contributed by atoms with E-state index >= 15 is 0 Å². The smallest absolute Gasteiger partial charge is 0.337 e. The van der Waals surface area contributed by atoms with Gasteiger partial charge in [0.15, 0.2) is 0 Å². The largest absolute Gasteiger partial charge is 0.478 e. The average molecular weight is 370 g/mol. The summed E-state index contributed by atoms with van der Waals surface area (Å²) in [5.41, 5.74) is 3.08. The summed E-state index contributed by atoms with van der Waals surface area (Å²) in [6, 6.07) is 6.66. The van der Waals surface area contributed by atoms with E-state index in [0.717, 1.165) is 16.6 Å². The summed E-state index contributed by atoms with van der Waals surface area (Å²) in [7, 11) is 0. The van der Waals surface area contributed by atoms with Crippen molar-refractivity contribution in [3.8, 4) is 0 Å². The molecule has 0 saturated carbocycles. The minimum Gasteiger partial charge on any atom is -0.478 e. The summed E-state index contributed by atoms with van der Waals surface area (Å²) >= 11 is 18.3. The van der Waals surface area contributed by atoms with Gasteiger partial charge in [0, 0.05) is 22.5 Å². The Kier molecular flexibility index (Phi) is 4.23. The molecule has 3 aromatic rings. The minimum absolute atomic E-state index is 0.0273. The number of carbonyl (C=O) groups is 1. The lowest BCUT2D eigenvalue weighted by Crippen LogP contribution is -2.01. The molecule has 23 heavy (non-hydrogen) atoms. The zero-order valence-electron chi connectivity index (χ0n) is 12.0. The number of pyridine rings is 1. The van der Waals surface area contributed by atoms with Crippen LogP contribution in [-0.2, 0) is 6.42 Å². The van der Waals surface area contributed by atoms with Gasteiger partial charge in [-0.1, -0.05) is 34.8 Å². The van der Waals surface area contributed by atoms with Crippen molar-refractivity contribution in [1.82, 2.24) is 9.97 Å². The SMILES string of the molecule is Cc1cc(Cl)nc2[nH]c(Cc3c(Cl)ccc(C(=O)O)c3Cl)cc12. The van der Waals surface area contributed by atoms with Crippen LogP contribution in [0.1, 0.15) is 27.2 Å². The third-order valence-electron chi connectivity index (χ3n) is 3.62. The van der Waals surface area contributed by atoms with Crippen molar-refractivity contribution < 1.29 is 9.90 Å². The summed E-state index contributed by atoms with van der Waals surface area (Å²) in [6.07, 6.45) is 0.367. The number of aryl methyl sites for hydroxylation is 1. The molecule has 1 aromatic carbocycles. The number of nitrogens with zero attached hydrogens (tertiary/aromatic N) is 1. The first-order valence-corrected chi connectivity index (χ1v) is 7.85. The second kappa shape index (κ2) is 6.04. The highest BCUT2D eigenvalue weighted by molar-refractivity contribution is 6.38. The van der Waals surface area contributed by atoms with E-state index in [-0.39, 0.29) is 10.6 Å². The van der Waals surface area contributed by atoms with Crippen LogP contribution in [0.25, 0.3) is 11.0 Å². The monoisotopic (exact) mass is 368 g/mol. The maximum absolute atomic E-state index is 11.2. The molecule has 2 N–H and O–H groups in total. The zero-order chi connectivity index (χ0) is 16.7. The summed E-state index contributed by atoms with van der Waals surface area (Å²) in [5.74, 6) is -1.09. The van der Waals surface area contributed by atoms with Crippen LogP contribution < -0.4 is 0 Å². The van der Waals surface area contributed by atoms with Crippen molar-refractivity contribution in [1.29, 1.82) is 0 Å². The van der Waals surface area contributed by atoms with E-state index in [1.165, 1.54) is 12.1 Å². The Morgan fingerprint density at radius 1 is 1.26 bits per heavy atom. The fraction of sp³-hybridized carbons (Fsp3) is 0.125. The van der Waals surface area contributed by atoms with Gasteiger partial charge in [0.2, 0.25) is 0 Å². The maximum Gasteiger partial charge on any atom is 0.337 e. The molecule has 3 rings (SSSR count).